The second-order valence-corrected chi connectivity index (χ2v) is 8.78. The molecule has 2 aliphatic heterocycles. The number of piperidine rings is 1. The summed E-state index contributed by atoms with van der Waals surface area (Å²) in [6.07, 6.45) is 13.1. The van der Waals surface area contributed by atoms with Crippen molar-refractivity contribution in [3.8, 4) is 11.1 Å². The number of rotatable bonds is 3. The third-order valence-electron chi connectivity index (χ3n) is 7.15. The van der Waals surface area contributed by atoms with Gasteiger partial charge < -0.3 is 4.90 Å². The number of halogens is 1. The lowest BCUT2D eigenvalue weighted by Crippen LogP contribution is -2.51. The Labute approximate surface area is 171 Å². The molecule has 5 rings (SSSR count). The van der Waals surface area contributed by atoms with E-state index in [1.165, 1.54) is 37.8 Å². The van der Waals surface area contributed by atoms with E-state index in [-0.39, 0.29) is 5.82 Å². The van der Waals surface area contributed by atoms with E-state index < -0.39 is 0 Å². The molecule has 1 amide bonds. The summed E-state index contributed by atoms with van der Waals surface area (Å²) in [5.74, 6) is 1.89. The first-order valence-electron chi connectivity index (χ1n) is 10.9. The van der Waals surface area contributed by atoms with Gasteiger partial charge >= 0.3 is 0 Å². The largest absolute Gasteiger partial charge is 0.339 e. The first kappa shape index (κ1) is 18.5. The van der Waals surface area contributed by atoms with E-state index in [1.807, 2.05) is 24.4 Å². The summed E-state index contributed by atoms with van der Waals surface area (Å²) in [6, 6.07) is 11.0. The Balaban J connectivity index is 1.37. The van der Waals surface area contributed by atoms with Crippen LogP contribution in [0.5, 0.6) is 0 Å². The zero-order valence-corrected chi connectivity index (χ0v) is 16.6. The number of hydrogen-bond acceptors (Lipinski definition) is 2. The SMILES string of the molecule is O=C1CC[C@@H]2C(C=Cc3ccc(-c4cccc(F)c4)cn3)C3CCCCC3CN12. The molecule has 3 unspecified atom stereocenters. The third-order valence-corrected chi connectivity index (χ3v) is 7.15. The van der Waals surface area contributed by atoms with E-state index >= 15 is 0 Å². The average Bonchev–Trinajstić information content (AvgIpc) is 3.12. The van der Waals surface area contributed by atoms with Crippen molar-refractivity contribution in [2.24, 2.45) is 17.8 Å². The molecule has 1 aromatic carbocycles. The molecule has 3 aliphatic rings. The standard InChI is InChI=1S/C25H27FN2O/c26-20-6-3-5-17(14-20)18-8-9-21(27-15-18)10-11-23-22-7-2-1-4-19(22)16-28-24(23)12-13-25(28)29/h3,5-6,8-11,14-15,19,22-24H,1-2,4,7,12-13,16H2/t19?,22?,23?,24-/m1/s1. The van der Waals surface area contributed by atoms with Crippen molar-refractivity contribution in [1.29, 1.82) is 0 Å². The summed E-state index contributed by atoms with van der Waals surface area (Å²) in [5, 5.41) is 0. The van der Waals surface area contributed by atoms with Crippen LogP contribution < -0.4 is 0 Å². The Hall–Kier alpha value is -2.49. The monoisotopic (exact) mass is 390 g/mol. The molecular weight excluding hydrogens is 363 g/mol. The molecule has 0 bridgehead atoms. The number of pyridine rings is 1. The number of fused-ring (bicyclic) bond motifs is 2. The van der Waals surface area contributed by atoms with Crippen molar-refractivity contribution in [1.82, 2.24) is 9.88 Å². The number of carbonyl (C=O) groups excluding carboxylic acids is 1. The highest BCUT2D eigenvalue weighted by Gasteiger charge is 2.47. The Morgan fingerprint density at radius 2 is 1.97 bits per heavy atom. The predicted octanol–water partition coefficient (Wildman–Crippen LogP) is 5.33. The molecule has 2 saturated heterocycles. The maximum atomic E-state index is 13.5. The van der Waals surface area contributed by atoms with Gasteiger partial charge in [0, 0.05) is 36.7 Å². The molecule has 4 atom stereocenters. The molecule has 0 N–H and O–H groups in total. The zero-order valence-electron chi connectivity index (χ0n) is 16.6. The Kier molecular flexibility index (Phi) is 4.94. The summed E-state index contributed by atoms with van der Waals surface area (Å²) in [6.45, 7) is 0.971. The maximum absolute atomic E-state index is 13.5. The Morgan fingerprint density at radius 1 is 1.07 bits per heavy atom. The van der Waals surface area contributed by atoms with Crippen molar-refractivity contribution >= 4 is 12.0 Å². The lowest BCUT2D eigenvalue weighted by atomic mass is 9.67. The molecule has 1 saturated carbocycles. The van der Waals surface area contributed by atoms with Gasteiger partial charge in [0.2, 0.25) is 5.91 Å². The van der Waals surface area contributed by atoms with Crippen LogP contribution in [0.2, 0.25) is 0 Å². The molecule has 3 heterocycles. The molecule has 2 aromatic rings. The molecule has 1 aliphatic carbocycles. The normalized spacial score (nSPS) is 29.1. The summed E-state index contributed by atoms with van der Waals surface area (Å²) in [5.41, 5.74) is 2.67. The maximum Gasteiger partial charge on any atom is 0.222 e. The molecule has 1 aromatic heterocycles. The summed E-state index contributed by atoms with van der Waals surface area (Å²) in [4.78, 5) is 19.1. The minimum atomic E-state index is -0.235. The quantitative estimate of drug-likeness (QED) is 0.710. The third kappa shape index (κ3) is 3.61. The van der Waals surface area contributed by atoms with Gasteiger partial charge in [-0.2, -0.15) is 0 Å². The van der Waals surface area contributed by atoms with E-state index in [2.05, 4.69) is 22.0 Å². The van der Waals surface area contributed by atoms with Gasteiger partial charge in [0.05, 0.1) is 5.69 Å². The van der Waals surface area contributed by atoms with Crippen LogP contribution in [-0.4, -0.2) is 28.4 Å². The van der Waals surface area contributed by atoms with Gasteiger partial charge in [0.1, 0.15) is 5.82 Å². The number of hydrogen-bond donors (Lipinski definition) is 0. The van der Waals surface area contributed by atoms with Gasteiger partial charge in [-0.25, -0.2) is 4.39 Å². The van der Waals surface area contributed by atoms with Crippen LogP contribution in [0.3, 0.4) is 0 Å². The van der Waals surface area contributed by atoms with Crippen molar-refractivity contribution in [3.63, 3.8) is 0 Å². The molecule has 3 fully saturated rings. The average molecular weight is 391 g/mol. The fraction of sp³-hybridized carbons (Fsp3) is 0.440. The summed E-state index contributed by atoms with van der Waals surface area (Å²) in [7, 11) is 0. The van der Waals surface area contributed by atoms with Crippen LogP contribution in [0.25, 0.3) is 17.2 Å². The van der Waals surface area contributed by atoms with Gasteiger partial charge in [-0.15, -0.1) is 0 Å². The number of benzene rings is 1. The summed E-state index contributed by atoms with van der Waals surface area (Å²) < 4.78 is 13.5. The smallest absolute Gasteiger partial charge is 0.222 e. The van der Waals surface area contributed by atoms with Gasteiger partial charge in [0.15, 0.2) is 0 Å². The molecule has 0 radical (unpaired) electrons. The van der Waals surface area contributed by atoms with E-state index in [0.717, 1.165) is 29.8 Å². The van der Waals surface area contributed by atoms with Crippen LogP contribution in [0.15, 0.2) is 48.7 Å². The lowest BCUT2D eigenvalue weighted by Gasteiger charge is -2.48. The van der Waals surface area contributed by atoms with Crippen molar-refractivity contribution in [2.45, 2.75) is 44.6 Å². The van der Waals surface area contributed by atoms with Crippen molar-refractivity contribution in [2.75, 3.05) is 6.54 Å². The van der Waals surface area contributed by atoms with Gasteiger partial charge in [0.25, 0.3) is 0 Å². The number of aromatic nitrogens is 1. The second kappa shape index (κ2) is 7.74. The van der Waals surface area contributed by atoms with E-state index in [1.54, 1.807) is 6.07 Å². The fourth-order valence-electron chi connectivity index (χ4n) is 5.72. The van der Waals surface area contributed by atoms with E-state index in [0.29, 0.717) is 36.1 Å². The second-order valence-electron chi connectivity index (χ2n) is 8.78. The highest BCUT2D eigenvalue weighted by atomic mass is 19.1. The van der Waals surface area contributed by atoms with Gasteiger partial charge in [-0.05, 0) is 60.9 Å². The number of nitrogens with zero attached hydrogens (tertiary/aromatic N) is 2. The molecule has 29 heavy (non-hydrogen) atoms. The van der Waals surface area contributed by atoms with E-state index in [4.69, 9.17) is 0 Å². The molecule has 4 heteroatoms. The lowest BCUT2D eigenvalue weighted by molar-refractivity contribution is -0.133. The van der Waals surface area contributed by atoms with Gasteiger partial charge in [-0.3, -0.25) is 9.78 Å². The molecule has 0 spiro atoms. The predicted molar refractivity (Wildman–Crippen MR) is 112 cm³/mol. The highest BCUT2D eigenvalue weighted by molar-refractivity contribution is 5.79. The van der Waals surface area contributed by atoms with Crippen LogP contribution in [0, 0.1) is 23.6 Å². The molecule has 3 nitrogen and oxygen atoms in total. The highest BCUT2D eigenvalue weighted by Crippen LogP contribution is 2.46. The minimum absolute atomic E-state index is 0.235. The van der Waals surface area contributed by atoms with Gasteiger partial charge in [-0.1, -0.05) is 37.1 Å². The van der Waals surface area contributed by atoms with Crippen LogP contribution in [0.4, 0.5) is 4.39 Å². The van der Waals surface area contributed by atoms with E-state index in [9.17, 15) is 9.18 Å². The fourth-order valence-corrected chi connectivity index (χ4v) is 5.72. The minimum Gasteiger partial charge on any atom is -0.339 e. The Morgan fingerprint density at radius 3 is 2.79 bits per heavy atom. The molecule has 150 valence electrons. The topological polar surface area (TPSA) is 33.2 Å². The zero-order chi connectivity index (χ0) is 19.8. The molecular formula is C25H27FN2O. The van der Waals surface area contributed by atoms with Crippen molar-refractivity contribution < 1.29 is 9.18 Å². The van der Waals surface area contributed by atoms with Crippen LogP contribution in [-0.2, 0) is 4.79 Å². The van der Waals surface area contributed by atoms with Crippen LogP contribution in [0.1, 0.15) is 44.2 Å². The number of carbonyl (C=O) groups is 1. The first-order valence-corrected chi connectivity index (χ1v) is 10.9. The van der Waals surface area contributed by atoms with Crippen LogP contribution >= 0.6 is 0 Å². The first-order chi connectivity index (χ1) is 14.2. The number of amides is 1. The van der Waals surface area contributed by atoms with Crippen molar-refractivity contribution in [3.05, 3.63) is 60.2 Å². The summed E-state index contributed by atoms with van der Waals surface area (Å²) >= 11 is 0. The Bertz CT molecular complexity index is 923.